The van der Waals surface area contributed by atoms with Crippen molar-refractivity contribution in [2.75, 3.05) is 24.5 Å². The summed E-state index contributed by atoms with van der Waals surface area (Å²) in [6.45, 7) is 3.90. The molecule has 0 aliphatic carbocycles. The van der Waals surface area contributed by atoms with Crippen molar-refractivity contribution in [2.45, 2.75) is 57.2 Å². The lowest BCUT2D eigenvalue weighted by Crippen LogP contribution is -2.49. The second kappa shape index (κ2) is 9.49. The Balaban J connectivity index is 1.12. The van der Waals surface area contributed by atoms with Gasteiger partial charge in [-0.3, -0.25) is 14.5 Å². The van der Waals surface area contributed by atoms with E-state index in [1.165, 1.54) is 5.56 Å². The molecule has 7 heteroatoms. The van der Waals surface area contributed by atoms with E-state index in [0.717, 1.165) is 30.5 Å². The number of rotatable bonds is 5. The summed E-state index contributed by atoms with van der Waals surface area (Å²) < 4.78 is 5.70. The van der Waals surface area contributed by atoms with Crippen LogP contribution in [-0.4, -0.2) is 59.4 Å². The average molecular weight is 462 g/mol. The smallest absolute Gasteiger partial charge is 0.411 e. The van der Waals surface area contributed by atoms with Crippen LogP contribution >= 0.6 is 0 Å². The molecule has 2 aromatic rings. The predicted octanol–water partition coefficient (Wildman–Crippen LogP) is 3.93. The molecule has 0 aromatic heterocycles. The lowest BCUT2D eigenvalue weighted by Gasteiger charge is -2.37. The van der Waals surface area contributed by atoms with Crippen LogP contribution in [0, 0.1) is 0 Å². The summed E-state index contributed by atoms with van der Waals surface area (Å²) in [6, 6.07) is 17.8. The summed E-state index contributed by atoms with van der Waals surface area (Å²) in [6.07, 6.45) is 2.21. The van der Waals surface area contributed by atoms with E-state index in [9.17, 15) is 14.4 Å². The zero-order chi connectivity index (χ0) is 23.7. The Morgan fingerprint density at radius 2 is 1.59 bits per heavy atom. The standard InChI is InChI=1S/C27H31N3O4/c1-19-26(21-8-3-2-4-9-21)34-27(33)30(19)22-14-16-28(17-15-22)24(31)11-12-25(32)29-18-13-20-7-5-6-10-23(20)29/h2-10,19,22,26H,11-18H2,1H3/t19-,26-/m0/s1. The molecule has 2 saturated heterocycles. The van der Waals surface area contributed by atoms with E-state index in [0.29, 0.717) is 19.6 Å². The van der Waals surface area contributed by atoms with E-state index in [4.69, 9.17) is 4.74 Å². The van der Waals surface area contributed by atoms with Gasteiger partial charge in [0, 0.05) is 44.2 Å². The number of carbonyl (C=O) groups excluding carboxylic acids is 3. The molecular formula is C27H31N3O4. The number of cyclic esters (lactones) is 1. The Morgan fingerprint density at radius 3 is 2.35 bits per heavy atom. The topological polar surface area (TPSA) is 70.2 Å². The number of benzene rings is 2. The van der Waals surface area contributed by atoms with Crippen LogP contribution in [0.15, 0.2) is 54.6 Å². The van der Waals surface area contributed by atoms with Gasteiger partial charge < -0.3 is 14.5 Å². The second-order valence-corrected chi connectivity index (χ2v) is 9.40. The summed E-state index contributed by atoms with van der Waals surface area (Å²) in [5.74, 6) is 0.0206. The maximum absolute atomic E-state index is 12.8. The Bertz CT molecular complexity index is 1060. The summed E-state index contributed by atoms with van der Waals surface area (Å²) >= 11 is 0. The first-order valence-electron chi connectivity index (χ1n) is 12.2. The fraction of sp³-hybridized carbons (Fsp3) is 0.444. The molecule has 3 aliphatic heterocycles. The van der Waals surface area contributed by atoms with Crippen LogP contribution in [0.5, 0.6) is 0 Å². The van der Waals surface area contributed by atoms with Crippen LogP contribution in [0.3, 0.4) is 0 Å². The van der Waals surface area contributed by atoms with Crippen molar-refractivity contribution >= 4 is 23.6 Å². The molecule has 3 heterocycles. The molecule has 0 saturated carbocycles. The van der Waals surface area contributed by atoms with Gasteiger partial charge in [-0.15, -0.1) is 0 Å². The number of hydrogen-bond acceptors (Lipinski definition) is 4. The summed E-state index contributed by atoms with van der Waals surface area (Å²) in [4.78, 5) is 43.7. The fourth-order valence-corrected chi connectivity index (χ4v) is 5.55. The van der Waals surface area contributed by atoms with Crippen molar-refractivity contribution in [1.82, 2.24) is 9.80 Å². The molecule has 0 N–H and O–H groups in total. The number of carbonyl (C=O) groups is 3. The van der Waals surface area contributed by atoms with E-state index in [1.54, 1.807) is 4.90 Å². The van der Waals surface area contributed by atoms with Crippen LogP contribution < -0.4 is 4.90 Å². The number of nitrogens with zero attached hydrogens (tertiary/aromatic N) is 3. The molecule has 178 valence electrons. The number of amides is 3. The number of likely N-dealkylation sites (tertiary alicyclic amines) is 1. The normalized spacial score (nSPS) is 22.6. The lowest BCUT2D eigenvalue weighted by atomic mass is 9.98. The summed E-state index contributed by atoms with van der Waals surface area (Å²) in [5, 5.41) is 0. The van der Waals surface area contributed by atoms with Crippen molar-refractivity contribution in [1.29, 1.82) is 0 Å². The molecule has 0 radical (unpaired) electrons. The van der Waals surface area contributed by atoms with Gasteiger partial charge in [0.25, 0.3) is 0 Å². The molecule has 0 unspecified atom stereocenters. The highest BCUT2D eigenvalue weighted by atomic mass is 16.6. The first kappa shape index (κ1) is 22.4. The van der Waals surface area contributed by atoms with Gasteiger partial charge >= 0.3 is 6.09 Å². The van der Waals surface area contributed by atoms with Gasteiger partial charge in [0.15, 0.2) is 0 Å². The third kappa shape index (κ3) is 4.27. The quantitative estimate of drug-likeness (QED) is 0.677. The van der Waals surface area contributed by atoms with Crippen LogP contribution in [0.2, 0.25) is 0 Å². The molecule has 2 atom stereocenters. The van der Waals surface area contributed by atoms with Crippen molar-refractivity contribution < 1.29 is 19.1 Å². The monoisotopic (exact) mass is 461 g/mol. The number of hydrogen-bond donors (Lipinski definition) is 0. The number of para-hydroxylation sites is 1. The van der Waals surface area contributed by atoms with Crippen molar-refractivity contribution in [3.8, 4) is 0 Å². The van der Waals surface area contributed by atoms with Crippen molar-refractivity contribution in [2.24, 2.45) is 0 Å². The molecule has 5 rings (SSSR count). The van der Waals surface area contributed by atoms with Crippen LogP contribution in [-0.2, 0) is 20.7 Å². The highest BCUT2D eigenvalue weighted by molar-refractivity contribution is 5.97. The molecule has 34 heavy (non-hydrogen) atoms. The molecule has 7 nitrogen and oxygen atoms in total. The van der Waals surface area contributed by atoms with Crippen molar-refractivity contribution in [3.05, 3.63) is 65.7 Å². The number of anilines is 1. The second-order valence-electron chi connectivity index (χ2n) is 9.40. The highest BCUT2D eigenvalue weighted by Crippen LogP contribution is 2.36. The zero-order valence-electron chi connectivity index (χ0n) is 19.6. The van der Waals surface area contributed by atoms with Gasteiger partial charge in [-0.25, -0.2) is 4.79 Å². The minimum absolute atomic E-state index is 0.00813. The van der Waals surface area contributed by atoms with Gasteiger partial charge in [-0.2, -0.15) is 0 Å². The number of fused-ring (bicyclic) bond motifs is 1. The van der Waals surface area contributed by atoms with Crippen LogP contribution in [0.1, 0.15) is 49.8 Å². The summed E-state index contributed by atoms with van der Waals surface area (Å²) in [7, 11) is 0. The van der Waals surface area contributed by atoms with Crippen LogP contribution in [0.25, 0.3) is 0 Å². The molecule has 2 aromatic carbocycles. The molecule has 0 spiro atoms. The maximum atomic E-state index is 12.8. The van der Waals surface area contributed by atoms with Gasteiger partial charge in [-0.05, 0) is 43.4 Å². The van der Waals surface area contributed by atoms with Gasteiger partial charge in [0.05, 0.1) is 6.04 Å². The SMILES string of the molecule is C[C@H]1[C@@H](c2ccccc2)OC(=O)N1C1CCN(C(=O)CCC(=O)N2CCc3ccccc32)CC1. The third-order valence-corrected chi connectivity index (χ3v) is 7.40. The van der Waals surface area contributed by atoms with E-state index in [2.05, 4.69) is 6.07 Å². The Kier molecular flexibility index (Phi) is 6.26. The van der Waals surface area contributed by atoms with Gasteiger partial charge in [-0.1, -0.05) is 48.5 Å². The fourth-order valence-electron chi connectivity index (χ4n) is 5.55. The molecule has 0 bridgehead atoms. The van der Waals surface area contributed by atoms with E-state index >= 15 is 0 Å². The maximum Gasteiger partial charge on any atom is 0.411 e. The zero-order valence-corrected chi connectivity index (χ0v) is 19.6. The number of piperidine rings is 1. The van der Waals surface area contributed by atoms with Gasteiger partial charge in [0.2, 0.25) is 11.8 Å². The Hall–Kier alpha value is -3.35. The Morgan fingerprint density at radius 1 is 0.912 bits per heavy atom. The van der Waals surface area contributed by atoms with Gasteiger partial charge in [0.1, 0.15) is 6.10 Å². The van der Waals surface area contributed by atoms with Crippen molar-refractivity contribution in [3.63, 3.8) is 0 Å². The minimum atomic E-state index is -0.275. The average Bonchev–Trinajstić information content (AvgIpc) is 3.43. The first-order valence-corrected chi connectivity index (χ1v) is 12.2. The lowest BCUT2D eigenvalue weighted by molar-refractivity contribution is -0.134. The third-order valence-electron chi connectivity index (χ3n) is 7.40. The van der Waals surface area contributed by atoms with E-state index in [-0.39, 0.29) is 48.9 Å². The largest absolute Gasteiger partial charge is 0.439 e. The van der Waals surface area contributed by atoms with Crippen LogP contribution in [0.4, 0.5) is 10.5 Å². The summed E-state index contributed by atoms with van der Waals surface area (Å²) in [5.41, 5.74) is 3.17. The molecule has 3 aliphatic rings. The van der Waals surface area contributed by atoms with E-state index < -0.39 is 0 Å². The highest BCUT2D eigenvalue weighted by Gasteiger charge is 2.44. The molecule has 3 amide bonds. The minimum Gasteiger partial charge on any atom is -0.439 e. The Labute approximate surface area is 200 Å². The number of ether oxygens (including phenoxy) is 1. The predicted molar refractivity (Wildman–Crippen MR) is 128 cm³/mol. The molecular weight excluding hydrogens is 430 g/mol. The van der Waals surface area contributed by atoms with E-state index in [1.807, 2.05) is 65.3 Å². The molecule has 2 fully saturated rings. The first-order chi connectivity index (χ1) is 16.5.